The van der Waals surface area contributed by atoms with Crippen LogP contribution in [0.2, 0.25) is 0 Å². The van der Waals surface area contributed by atoms with Crippen molar-refractivity contribution in [3.05, 3.63) is 11.1 Å². The molecule has 0 N–H and O–H groups in total. The Labute approximate surface area is 142 Å². The van der Waals surface area contributed by atoms with E-state index < -0.39 is 9.84 Å². The van der Waals surface area contributed by atoms with Crippen molar-refractivity contribution in [2.24, 2.45) is 5.92 Å². The van der Waals surface area contributed by atoms with Crippen molar-refractivity contribution < 1.29 is 13.2 Å². The van der Waals surface area contributed by atoms with Gasteiger partial charge in [-0.25, -0.2) is 8.42 Å². The lowest BCUT2D eigenvalue weighted by Crippen LogP contribution is -2.34. The van der Waals surface area contributed by atoms with Gasteiger partial charge in [-0.2, -0.15) is 0 Å². The Morgan fingerprint density at radius 3 is 2.68 bits per heavy atom. The highest BCUT2D eigenvalue weighted by molar-refractivity contribution is 8.26. The van der Waals surface area contributed by atoms with Gasteiger partial charge in [0.15, 0.2) is 9.84 Å². The molecule has 2 rings (SSSR count). The van der Waals surface area contributed by atoms with E-state index in [9.17, 15) is 13.2 Å². The number of hydrogen-bond donors (Lipinski definition) is 0. The third-order valence-corrected chi connectivity index (χ3v) is 6.86. The van der Waals surface area contributed by atoms with Crippen molar-refractivity contribution in [2.45, 2.75) is 33.2 Å². The van der Waals surface area contributed by atoms with Crippen molar-refractivity contribution in [3.63, 3.8) is 0 Å². The van der Waals surface area contributed by atoms with Crippen molar-refractivity contribution in [3.8, 4) is 0 Å². The first kappa shape index (κ1) is 17.7. The van der Waals surface area contributed by atoms with E-state index in [2.05, 4.69) is 0 Å². The molecule has 2 saturated heterocycles. The molecule has 0 aromatic carbocycles. The lowest BCUT2D eigenvalue weighted by atomic mass is 10.2. The highest BCUT2D eigenvalue weighted by Gasteiger charge is 2.35. The average molecular weight is 363 g/mol. The lowest BCUT2D eigenvalue weighted by Gasteiger charge is -2.25. The maximum absolute atomic E-state index is 12.4. The zero-order chi connectivity index (χ0) is 16.5. The van der Waals surface area contributed by atoms with Gasteiger partial charge in [0.05, 0.1) is 16.4 Å². The van der Waals surface area contributed by atoms with Crippen LogP contribution < -0.4 is 0 Å². The van der Waals surface area contributed by atoms with Crippen molar-refractivity contribution in [1.29, 1.82) is 0 Å². The molecule has 0 aromatic heterocycles. The second-order valence-electron chi connectivity index (χ2n) is 6.06. The number of sulfone groups is 1. The molecule has 2 aliphatic rings. The lowest BCUT2D eigenvalue weighted by molar-refractivity contribution is -0.122. The van der Waals surface area contributed by atoms with E-state index in [1.165, 1.54) is 11.8 Å². The molecule has 5 nitrogen and oxygen atoms in total. The Hall–Kier alpha value is -0.600. The monoisotopic (exact) mass is 362 g/mol. The number of thiocarbonyl (C=S) groups is 1. The summed E-state index contributed by atoms with van der Waals surface area (Å²) < 4.78 is 23.9. The molecule has 0 aliphatic carbocycles. The van der Waals surface area contributed by atoms with E-state index in [1.807, 2.05) is 25.7 Å². The predicted molar refractivity (Wildman–Crippen MR) is 94.3 cm³/mol. The zero-order valence-corrected chi connectivity index (χ0v) is 15.6. The van der Waals surface area contributed by atoms with E-state index in [4.69, 9.17) is 12.2 Å². The average Bonchev–Trinajstić information content (AvgIpc) is 2.90. The first-order valence-electron chi connectivity index (χ1n) is 7.45. The van der Waals surface area contributed by atoms with Crippen LogP contribution in [0.1, 0.15) is 27.2 Å². The van der Waals surface area contributed by atoms with Crippen LogP contribution in [0.3, 0.4) is 0 Å². The summed E-state index contributed by atoms with van der Waals surface area (Å²) in [6.07, 6.45) is 2.42. The van der Waals surface area contributed by atoms with E-state index >= 15 is 0 Å². The molecule has 0 saturated carbocycles. The topological polar surface area (TPSA) is 57.7 Å². The minimum Gasteiger partial charge on any atom is -0.373 e. The van der Waals surface area contributed by atoms with Crippen LogP contribution in [0.4, 0.5) is 0 Å². The standard InChI is InChI=1S/C14H22N2O3S3/c1-4-15(11-5-6-22(18,19)9-11)8-12-13(17)16(7-10(2)3)14(20)21-12/h8,10-11H,4-7,9H2,1-3H3. The van der Waals surface area contributed by atoms with Crippen LogP contribution in [0, 0.1) is 5.92 Å². The molecule has 0 aromatic rings. The third-order valence-electron chi connectivity index (χ3n) is 3.75. The zero-order valence-electron chi connectivity index (χ0n) is 13.1. The summed E-state index contributed by atoms with van der Waals surface area (Å²) >= 11 is 6.59. The molecule has 0 radical (unpaired) electrons. The van der Waals surface area contributed by atoms with Crippen LogP contribution in [-0.2, 0) is 14.6 Å². The summed E-state index contributed by atoms with van der Waals surface area (Å²) in [4.78, 5) is 16.6. The molecule has 1 atom stereocenters. The number of rotatable bonds is 5. The number of thioether (sulfide) groups is 1. The fourth-order valence-electron chi connectivity index (χ4n) is 2.66. The third kappa shape index (κ3) is 4.02. The van der Waals surface area contributed by atoms with E-state index in [0.29, 0.717) is 34.7 Å². The Kier molecular flexibility index (Phi) is 5.55. The van der Waals surface area contributed by atoms with Gasteiger partial charge in [-0.15, -0.1) is 0 Å². The largest absolute Gasteiger partial charge is 0.373 e. The number of hydrogen-bond acceptors (Lipinski definition) is 6. The Balaban J connectivity index is 2.14. The van der Waals surface area contributed by atoms with Gasteiger partial charge in [0.2, 0.25) is 0 Å². The minimum atomic E-state index is -2.93. The molecular weight excluding hydrogens is 340 g/mol. The summed E-state index contributed by atoms with van der Waals surface area (Å²) in [5, 5.41) is 0. The normalized spacial score (nSPS) is 26.5. The highest BCUT2D eigenvalue weighted by atomic mass is 32.2. The number of nitrogens with zero attached hydrogens (tertiary/aromatic N) is 2. The van der Waals surface area contributed by atoms with Gasteiger partial charge >= 0.3 is 0 Å². The van der Waals surface area contributed by atoms with Crippen LogP contribution >= 0.6 is 24.0 Å². The minimum absolute atomic E-state index is 0.0383. The van der Waals surface area contributed by atoms with Gasteiger partial charge in [0.1, 0.15) is 4.32 Å². The van der Waals surface area contributed by atoms with Gasteiger partial charge in [-0.1, -0.05) is 37.8 Å². The van der Waals surface area contributed by atoms with Gasteiger partial charge in [0.25, 0.3) is 5.91 Å². The van der Waals surface area contributed by atoms with Gasteiger partial charge in [0, 0.05) is 25.3 Å². The van der Waals surface area contributed by atoms with Crippen LogP contribution in [0.5, 0.6) is 0 Å². The summed E-state index contributed by atoms with van der Waals surface area (Å²) in [5.41, 5.74) is 0. The second-order valence-corrected chi connectivity index (χ2v) is 9.96. The maximum atomic E-state index is 12.4. The fourth-order valence-corrected chi connectivity index (χ4v) is 5.67. The fraction of sp³-hybridized carbons (Fsp3) is 0.714. The molecule has 2 fully saturated rings. The van der Waals surface area contributed by atoms with Crippen LogP contribution in [-0.4, -0.2) is 59.1 Å². The highest BCUT2D eigenvalue weighted by Crippen LogP contribution is 2.32. The smallest absolute Gasteiger partial charge is 0.267 e. The Bertz CT molecular complexity index is 598. The first-order chi connectivity index (χ1) is 10.2. The summed E-state index contributed by atoms with van der Waals surface area (Å²) in [6, 6.07) is -0.0383. The summed E-state index contributed by atoms with van der Waals surface area (Å²) in [5.74, 6) is 0.687. The molecule has 0 bridgehead atoms. The Morgan fingerprint density at radius 1 is 1.50 bits per heavy atom. The first-order valence-corrected chi connectivity index (χ1v) is 10.5. The van der Waals surface area contributed by atoms with Gasteiger partial charge in [-0.05, 0) is 19.3 Å². The van der Waals surface area contributed by atoms with E-state index in [0.717, 1.165) is 0 Å². The van der Waals surface area contributed by atoms with Gasteiger partial charge in [-0.3, -0.25) is 9.69 Å². The number of carbonyl (C=O) groups is 1. The molecule has 2 heterocycles. The van der Waals surface area contributed by atoms with Crippen molar-refractivity contribution >= 4 is 44.0 Å². The summed E-state index contributed by atoms with van der Waals surface area (Å²) in [7, 11) is -2.93. The second kappa shape index (κ2) is 6.88. The SMILES string of the molecule is CCN(C=C1SC(=S)N(CC(C)C)C1=O)C1CCS(=O)(=O)C1. The summed E-state index contributed by atoms with van der Waals surface area (Å²) in [6.45, 7) is 7.35. The molecule has 0 spiro atoms. The van der Waals surface area contributed by atoms with Crippen LogP contribution in [0.25, 0.3) is 0 Å². The predicted octanol–water partition coefficient (Wildman–Crippen LogP) is 1.85. The maximum Gasteiger partial charge on any atom is 0.267 e. The molecular formula is C14H22N2O3S3. The van der Waals surface area contributed by atoms with Crippen molar-refractivity contribution in [2.75, 3.05) is 24.6 Å². The Morgan fingerprint density at radius 2 is 2.18 bits per heavy atom. The van der Waals surface area contributed by atoms with Gasteiger partial charge < -0.3 is 4.90 Å². The molecule has 1 unspecified atom stereocenters. The molecule has 1 amide bonds. The van der Waals surface area contributed by atoms with Crippen molar-refractivity contribution in [1.82, 2.24) is 9.80 Å². The van der Waals surface area contributed by atoms with E-state index in [-0.39, 0.29) is 23.5 Å². The molecule has 8 heteroatoms. The quantitative estimate of drug-likeness (QED) is 0.550. The number of carbonyl (C=O) groups excluding carboxylic acids is 1. The van der Waals surface area contributed by atoms with Crippen LogP contribution in [0.15, 0.2) is 11.1 Å². The molecule has 2 aliphatic heterocycles. The molecule has 22 heavy (non-hydrogen) atoms. The number of amides is 1. The van der Waals surface area contributed by atoms with E-state index in [1.54, 1.807) is 11.1 Å². The molecule has 124 valence electrons.